The predicted octanol–water partition coefficient (Wildman–Crippen LogP) is 2.51. The maximum Gasteiger partial charge on any atom is 0.292 e. The van der Waals surface area contributed by atoms with E-state index in [4.69, 9.17) is 15.3 Å². The van der Waals surface area contributed by atoms with E-state index in [-0.39, 0.29) is 53.7 Å². The van der Waals surface area contributed by atoms with Crippen molar-refractivity contribution in [3.05, 3.63) is 86.1 Å². The van der Waals surface area contributed by atoms with E-state index in [1.54, 1.807) is 36.8 Å². The van der Waals surface area contributed by atoms with Gasteiger partial charge in [-0.3, -0.25) is 14.4 Å². The summed E-state index contributed by atoms with van der Waals surface area (Å²) in [7, 11) is 0. The Morgan fingerprint density at radius 2 is 0.794 bits per heavy atom. The zero-order chi connectivity index (χ0) is 24.8. The zero-order valence-corrected chi connectivity index (χ0v) is 22.3. The topological polar surface area (TPSA) is 127 Å². The maximum absolute atomic E-state index is 11.1. The molecule has 9 nitrogen and oxygen atoms in total. The van der Waals surface area contributed by atoms with Crippen LogP contribution in [0.25, 0.3) is 0 Å². The molecule has 183 valence electrons. The molecule has 0 spiro atoms. The van der Waals surface area contributed by atoms with Gasteiger partial charge in [-0.2, -0.15) is 0 Å². The van der Waals surface area contributed by atoms with E-state index in [0.29, 0.717) is 19.6 Å². The van der Waals surface area contributed by atoms with Gasteiger partial charge in [0, 0.05) is 58.0 Å². The average Bonchev–Trinajstić information content (AvgIpc) is 2.79. The smallest absolute Gasteiger partial charge is 0.292 e. The summed E-state index contributed by atoms with van der Waals surface area (Å²) >= 11 is 0. The van der Waals surface area contributed by atoms with Crippen LogP contribution < -0.4 is 16.7 Å². The van der Waals surface area contributed by atoms with Crippen molar-refractivity contribution >= 4 is 19.8 Å². The van der Waals surface area contributed by atoms with Gasteiger partial charge in [0.1, 0.15) is 0 Å². The SMILES string of the molecule is CCCn1cccc(O)c1=O.CCCn1cccc(O)c1=O.CCCn1cccc(O)c1=O.[Ga]. The summed E-state index contributed by atoms with van der Waals surface area (Å²) in [6.07, 6.45) is 7.69. The van der Waals surface area contributed by atoms with Gasteiger partial charge in [-0.15, -0.1) is 0 Å². The minimum atomic E-state index is -0.311. The van der Waals surface area contributed by atoms with Gasteiger partial charge in [0.2, 0.25) is 0 Å². The molecule has 0 atom stereocenters. The molecule has 0 saturated carbocycles. The maximum atomic E-state index is 11.1. The molecule has 3 radical (unpaired) electrons. The number of nitrogens with zero attached hydrogens (tertiary/aromatic N) is 3. The van der Waals surface area contributed by atoms with Crippen molar-refractivity contribution in [3.63, 3.8) is 0 Å². The number of pyridine rings is 3. The van der Waals surface area contributed by atoms with Gasteiger partial charge in [-0.25, -0.2) is 0 Å². The number of hydrogen-bond acceptors (Lipinski definition) is 6. The normalized spacial score (nSPS) is 9.62. The third kappa shape index (κ3) is 9.80. The van der Waals surface area contributed by atoms with Crippen LogP contribution in [0.1, 0.15) is 40.0 Å². The third-order valence-electron chi connectivity index (χ3n) is 4.39. The van der Waals surface area contributed by atoms with E-state index >= 15 is 0 Å². The predicted molar refractivity (Wildman–Crippen MR) is 134 cm³/mol. The first-order valence-electron chi connectivity index (χ1n) is 10.9. The Morgan fingerprint density at radius 3 is 1.00 bits per heavy atom. The fraction of sp³-hybridized carbons (Fsp3) is 0.375. The molecule has 0 aromatic carbocycles. The Bertz CT molecular complexity index is 1020. The number of rotatable bonds is 6. The van der Waals surface area contributed by atoms with Gasteiger partial charge < -0.3 is 29.0 Å². The number of aromatic nitrogens is 3. The molecule has 0 aliphatic rings. The van der Waals surface area contributed by atoms with E-state index in [0.717, 1.165) is 19.3 Å². The molecule has 0 unspecified atom stereocenters. The van der Waals surface area contributed by atoms with E-state index < -0.39 is 0 Å². The first-order valence-corrected chi connectivity index (χ1v) is 10.9. The summed E-state index contributed by atoms with van der Waals surface area (Å²) in [5, 5.41) is 27.0. The van der Waals surface area contributed by atoms with Crippen molar-refractivity contribution in [1.82, 2.24) is 13.7 Å². The largest absolute Gasteiger partial charge is 0.503 e. The second-order valence-electron chi connectivity index (χ2n) is 7.18. The molecule has 34 heavy (non-hydrogen) atoms. The van der Waals surface area contributed by atoms with Gasteiger partial charge in [-0.05, 0) is 55.7 Å². The molecular formula is C24H33GaN3O6. The first kappa shape index (κ1) is 30.9. The van der Waals surface area contributed by atoms with Crippen LogP contribution in [-0.2, 0) is 19.6 Å². The summed E-state index contributed by atoms with van der Waals surface area (Å²) in [6.45, 7) is 7.93. The Balaban J connectivity index is 0.000000473. The van der Waals surface area contributed by atoms with E-state index in [1.165, 1.54) is 31.9 Å². The molecule has 0 aliphatic heterocycles. The van der Waals surface area contributed by atoms with Crippen molar-refractivity contribution in [3.8, 4) is 17.2 Å². The molecule has 0 fully saturated rings. The van der Waals surface area contributed by atoms with Crippen molar-refractivity contribution in [2.75, 3.05) is 0 Å². The van der Waals surface area contributed by atoms with E-state index in [1.807, 2.05) is 20.8 Å². The van der Waals surface area contributed by atoms with E-state index in [2.05, 4.69) is 0 Å². The standard InChI is InChI=1S/3C8H11NO2.Ga/c3*1-2-5-9-6-3-4-7(10)8(9)11;/h3*3-4,6,10H,2,5H2,1H3;. The van der Waals surface area contributed by atoms with Crippen LogP contribution in [0.15, 0.2) is 69.4 Å². The molecule has 3 heterocycles. The summed E-state index contributed by atoms with van der Waals surface area (Å²) in [6, 6.07) is 9.17. The Morgan fingerprint density at radius 1 is 0.559 bits per heavy atom. The van der Waals surface area contributed by atoms with Crippen LogP contribution in [0.3, 0.4) is 0 Å². The van der Waals surface area contributed by atoms with Crippen LogP contribution in [0.4, 0.5) is 0 Å². The molecule has 0 bridgehead atoms. The monoisotopic (exact) mass is 528 g/mol. The van der Waals surface area contributed by atoms with Gasteiger partial charge in [-0.1, -0.05) is 20.8 Å². The minimum Gasteiger partial charge on any atom is -0.503 e. The number of aromatic hydroxyl groups is 3. The average molecular weight is 529 g/mol. The quantitative estimate of drug-likeness (QED) is 0.422. The molecule has 0 aliphatic carbocycles. The fourth-order valence-corrected chi connectivity index (χ4v) is 2.82. The molecule has 3 N–H and O–H groups in total. The summed E-state index contributed by atoms with van der Waals surface area (Å²) in [5.74, 6) is -0.539. The summed E-state index contributed by atoms with van der Waals surface area (Å²) < 4.78 is 4.49. The van der Waals surface area contributed by atoms with Crippen molar-refractivity contribution in [2.24, 2.45) is 0 Å². The second-order valence-corrected chi connectivity index (χ2v) is 7.18. The first-order chi connectivity index (χ1) is 15.8. The zero-order valence-electron chi connectivity index (χ0n) is 19.9. The van der Waals surface area contributed by atoms with Gasteiger partial charge in [0.25, 0.3) is 16.7 Å². The Labute approximate surface area is 211 Å². The summed E-state index contributed by atoms with van der Waals surface area (Å²) in [5.41, 5.74) is -0.932. The fourth-order valence-electron chi connectivity index (χ4n) is 2.82. The van der Waals surface area contributed by atoms with Crippen molar-refractivity contribution in [2.45, 2.75) is 59.7 Å². The molecule has 0 saturated heterocycles. The molecule has 0 amide bonds. The van der Waals surface area contributed by atoms with Crippen molar-refractivity contribution < 1.29 is 15.3 Å². The molecule has 3 rings (SSSR count). The van der Waals surface area contributed by atoms with Gasteiger partial charge in [0.15, 0.2) is 17.2 Å². The Hall–Kier alpha value is -3.11. The molecule has 3 aromatic heterocycles. The van der Waals surface area contributed by atoms with Crippen LogP contribution in [-0.4, -0.2) is 48.8 Å². The van der Waals surface area contributed by atoms with Gasteiger partial charge >= 0.3 is 0 Å². The van der Waals surface area contributed by atoms with Gasteiger partial charge in [0.05, 0.1) is 0 Å². The molecule has 3 aromatic rings. The number of hydrogen-bond donors (Lipinski definition) is 3. The third-order valence-corrected chi connectivity index (χ3v) is 4.39. The van der Waals surface area contributed by atoms with Crippen LogP contribution in [0.2, 0.25) is 0 Å². The van der Waals surface area contributed by atoms with Crippen LogP contribution >= 0.6 is 0 Å². The molecular weight excluding hydrogens is 496 g/mol. The Kier molecular flexibility index (Phi) is 15.0. The number of aryl methyl sites for hydroxylation is 3. The van der Waals surface area contributed by atoms with E-state index in [9.17, 15) is 14.4 Å². The van der Waals surface area contributed by atoms with Crippen LogP contribution in [0, 0.1) is 0 Å². The van der Waals surface area contributed by atoms with Crippen molar-refractivity contribution in [1.29, 1.82) is 0 Å². The molecule has 10 heteroatoms. The minimum absolute atomic E-state index is 0. The summed E-state index contributed by atoms with van der Waals surface area (Å²) in [4.78, 5) is 33.2. The second kappa shape index (κ2) is 16.5. The van der Waals surface area contributed by atoms with Crippen LogP contribution in [0.5, 0.6) is 17.2 Å².